The topological polar surface area (TPSA) is 39.4 Å². The number of para-hydroxylation sites is 1. The molecule has 0 aliphatic heterocycles. The van der Waals surface area contributed by atoms with Crippen LogP contribution in [0.2, 0.25) is 0 Å². The fourth-order valence-electron chi connectivity index (χ4n) is 2.89. The van der Waals surface area contributed by atoms with Crippen molar-refractivity contribution >= 4 is 16.9 Å². The molecule has 1 unspecified atom stereocenters. The van der Waals surface area contributed by atoms with Crippen molar-refractivity contribution in [3.05, 3.63) is 71.5 Å². The van der Waals surface area contributed by atoms with Crippen molar-refractivity contribution in [2.75, 3.05) is 6.61 Å². The molecule has 118 valence electrons. The highest BCUT2D eigenvalue weighted by atomic mass is 16.5. The first-order chi connectivity index (χ1) is 11.2. The molecule has 0 aliphatic rings. The Kier molecular flexibility index (Phi) is 4.47. The Morgan fingerprint density at radius 3 is 2.52 bits per heavy atom. The maximum absolute atomic E-state index is 12.2. The molecule has 0 radical (unpaired) electrons. The minimum absolute atomic E-state index is 0.214. The van der Waals surface area contributed by atoms with E-state index in [0.29, 0.717) is 13.0 Å². The van der Waals surface area contributed by atoms with Crippen LogP contribution >= 0.6 is 0 Å². The van der Waals surface area contributed by atoms with Gasteiger partial charge in [-0.05, 0) is 25.5 Å². The van der Waals surface area contributed by atoms with Crippen molar-refractivity contribution in [2.45, 2.75) is 26.2 Å². The number of benzene rings is 2. The molecule has 23 heavy (non-hydrogen) atoms. The van der Waals surface area contributed by atoms with Gasteiger partial charge in [-0.3, -0.25) is 4.79 Å². The Bertz CT molecular complexity index is 802. The lowest BCUT2D eigenvalue weighted by atomic mass is 9.95. The molecule has 3 rings (SSSR count). The van der Waals surface area contributed by atoms with Crippen LogP contribution in [0, 0.1) is 0 Å². The maximum atomic E-state index is 12.2. The molecule has 0 N–H and O–H groups in total. The molecule has 1 atom stereocenters. The third-order valence-corrected chi connectivity index (χ3v) is 3.99. The van der Waals surface area contributed by atoms with Gasteiger partial charge in [0.05, 0.1) is 12.5 Å². The van der Waals surface area contributed by atoms with E-state index in [-0.39, 0.29) is 11.9 Å². The molecule has 0 spiro atoms. The van der Waals surface area contributed by atoms with Crippen LogP contribution in [0.5, 0.6) is 0 Å². The van der Waals surface area contributed by atoms with E-state index in [1.54, 1.807) is 0 Å². The third kappa shape index (κ3) is 3.14. The average molecular weight is 308 g/mol. The van der Waals surface area contributed by atoms with Crippen LogP contribution in [0.15, 0.2) is 59.0 Å². The van der Waals surface area contributed by atoms with Crippen molar-refractivity contribution in [2.24, 2.45) is 0 Å². The Balaban J connectivity index is 2.06. The van der Waals surface area contributed by atoms with Gasteiger partial charge in [0.2, 0.25) is 0 Å². The number of carbonyl (C=O) groups excluding carboxylic acids is 1. The molecular weight excluding hydrogens is 288 g/mol. The van der Waals surface area contributed by atoms with Crippen LogP contribution < -0.4 is 0 Å². The summed E-state index contributed by atoms with van der Waals surface area (Å²) < 4.78 is 11.2. The van der Waals surface area contributed by atoms with Crippen LogP contribution in [-0.4, -0.2) is 12.6 Å². The standard InChI is InChI=1S/C20H20O3/c1-3-22-20(21)14(2)19-16-11-7-8-12-17(16)23-18(19)13-15-9-5-4-6-10-15/h4-12,14H,3,13H2,1-2H3. The minimum atomic E-state index is -0.350. The van der Waals surface area contributed by atoms with E-state index in [0.717, 1.165) is 27.9 Å². The molecule has 0 saturated heterocycles. The quantitative estimate of drug-likeness (QED) is 0.642. The molecule has 3 aromatic rings. The predicted molar refractivity (Wildman–Crippen MR) is 90.5 cm³/mol. The lowest BCUT2D eigenvalue weighted by molar-refractivity contribution is -0.144. The Morgan fingerprint density at radius 2 is 1.78 bits per heavy atom. The molecule has 1 heterocycles. The molecule has 3 nitrogen and oxygen atoms in total. The van der Waals surface area contributed by atoms with E-state index in [1.165, 1.54) is 0 Å². The zero-order chi connectivity index (χ0) is 16.2. The normalized spacial score (nSPS) is 12.3. The molecule has 0 saturated carbocycles. The Morgan fingerprint density at radius 1 is 1.09 bits per heavy atom. The first kappa shape index (κ1) is 15.3. The van der Waals surface area contributed by atoms with Gasteiger partial charge in [0.25, 0.3) is 0 Å². The molecule has 0 amide bonds. The zero-order valence-corrected chi connectivity index (χ0v) is 13.4. The number of esters is 1. The van der Waals surface area contributed by atoms with Gasteiger partial charge in [-0.2, -0.15) is 0 Å². The number of ether oxygens (including phenoxy) is 1. The second kappa shape index (κ2) is 6.69. The fourth-order valence-corrected chi connectivity index (χ4v) is 2.89. The van der Waals surface area contributed by atoms with Crippen LogP contribution in [0.1, 0.15) is 36.7 Å². The highest BCUT2D eigenvalue weighted by Gasteiger charge is 2.25. The highest BCUT2D eigenvalue weighted by Crippen LogP contribution is 2.34. The van der Waals surface area contributed by atoms with Gasteiger partial charge in [-0.1, -0.05) is 48.5 Å². The summed E-state index contributed by atoms with van der Waals surface area (Å²) in [5.74, 6) is 0.267. The van der Waals surface area contributed by atoms with E-state index in [4.69, 9.17) is 9.15 Å². The van der Waals surface area contributed by atoms with Crippen molar-refractivity contribution in [3.63, 3.8) is 0 Å². The summed E-state index contributed by atoms with van der Waals surface area (Å²) in [5, 5.41) is 0.985. The lowest BCUT2D eigenvalue weighted by Gasteiger charge is -2.11. The monoisotopic (exact) mass is 308 g/mol. The van der Waals surface area contributed by atoms with E-state index >= 15 is 0 Å². The first-order valence-electron chi connectivity index (χ1n) is 7.91. The SMILES string of the molecule is CCOC(=O)C(C)c1c(Cc2ccccc2)oc2ccccc12. The van der Waals surface area contributed by atoms with Crippen LogP contribution in [0.3, 0.4) is 0 Å². The Labute approximate surface area is 135 Å². The largest absolute Gasteiger partial charge is 0.466 e. The van der Waals surface area contributed by atoms with Crippen molar-refractivity contribution < 1.29 is 13.9 Å². The summed E-state index contributed by atoms with van der Waals surface area (Å²) in [6.45, 7) is 4.08. The van der Waals surface area contributed by atoms with Gasteiger partial charge in [0.15, 0.2) is 0 Å². The number of hydrogen-bond donors (Lipinski definition) is 0. The smallest absolute Gasteiger partial charge is 0.313 e. The number of furan rings is 1. The summed E-state index contributed by atoms with van der Waals surface area (Å²) in [5.41, 5.74) is 2.90. The second-order valence-electron chi connectivity index (χ2n) is 5.57. The third-order valence-electron chi connectivity index (χ3n) is 3.99. The van der Waals surface area contributed by atoms with Gasteiger partial charge >= 0.3 is 5.97 Å². The van der Waals surface area contributed by atoms with Gasteiger partial charge in [0.1, 0.15) is 11.3 Å². The van der Waals surface area contributed by atoms with Crippen LogP contribution in [-0.2, 0) is 16.0 Å². The van der Waals surface area contributed by atoms with Gasteiger partial charge in [-0.15, -0.1) is 0 Å². The molecule has 0 bridgehead atoms. The summed E-state index contributed by atoms with van der Waals surface area (Å²) in [7, 11) is 0. The van der Waals surface area contributed by atoms with E-state index < -0.39 is 0 Å². The van der Waals surface area contributed by atoms with Crippen molar-refractivity contribution in [1.29, 1.82) is 0 Å². The average Bonchev–Trinajstić information content (AvgIpc) is 2.93. The second-order valence-corrected chi connectivity index (χ2v) is 5.57. The molecule has 1 aromatic heterocycles. The first-order valence-corrected chi connectivity index (χ1v) is 7.91. The number of fused-ring (bicyclic) bond motifs is 1. The zero-order valence-electron chi connectivity index (χ0n) is 13.4. The van der Waals surface area contributed by atoms with Crippen molar-refractivity contribution in [1.82, 2.24) is 0 Å². The lowest BCUT2D eigenvalue weighted by Crippen LogP contribution is -2.14. The number of hydrogen-bond acceptors (Lipinski definition) is 3. The molecule has 0 fully saturated rings. The summed E-state index contributed by atoms with van der Waals surface area (Å²) in [4.78, 5) is 12.2. The van der Waals surface area contributed by atoms with Gasteiger partial charge in [0, 0.05) is 17.4 Å². The van der Waals surface area contributed by atoms with Gasteiger partial charge in [-0.25, -0.2) is 0 Å². The number of carbonyl (C=O) groups is 1. The maximum Gasteiger partial charge on any atom is 0.313 e. The summed E-state index contributed by atoms with van der Waals surface area (Å²) in [6, 6.07) is 18.0. The van der Waals surface area contributed by atoms with Crippen molar-refractivity contribution in [3.8, 4) is 0 Å². The van der Waals surface area contributed by atoms with E-state index in [2.05, 4.69) is 12.1 Å². The predicted octanol–water partition coefficient (Wildman–Crippen LogP) is 4.69. The van der Waals surface area contributed by atoms with Gasteiger partial charge < -0.3 is 9.15 Å². The fraction of sp³-hybridized carbons (Fsp3) is 0.250. The van der Waals surface area contributed by atoms with Crippen LogP contribution in [0.4, 0.5) is 0 Å². The molecule has 3 heteroatoms. The summed E-state index contributed by atoms with van der Waals surface area (Å²) in [6.07, 6.45) is 0.661. The molecular formula is C20H20O3. The van der Waals surface area contributed by atoms with E-state index in [9.17, 15) is 4.79 Å². The van der Waals surface area contributed by atoms with Crippen LogP contribution in [0.25, 0.3) is 11.0 Å². The Hall–Kier alpha value is -2.55. The van der Waals surface area contributed by atoms with E-state index in [1.807, 2.05) is 56.3 Å². The highest BCUT2D eigenvalue weighted by molar-refractivity contribution is 5.89. The molecule has 2 aromatic carbocycles. The number of rotatable bonds is 5. The molecule has 0 aliphatic carbocycles. The summed E-state index contributed by atoms with van der Waals surface area (Å²) >= 11 is 0. The minimum Gasteiger partial charge on any atom is -0.466 e.